The number of hydrogen-bond acceptors (Lipinski definition) is 6. The number of anilines is 1. The van der Waals surface area contributed by atoms with Crippen LogP contribution in [0.25, 0.3) is 0 Å². The molecule has 94 valence electrons. The van der Waals surface area contributed by atoms with E-state index in [4.69, 9.17) is 10.5 Å². The van der Waals surface area contributed by atoms with Crippen LogP contribution in [0.3, 0.4) is 0 Å². The van der Waals surface area contributed by atoms with Crippen molar-refractivity contribution < 1.29 is 9.53 Å². The molecule has 0 fully saturated rings. The topological polar surface area (TPSA) is 95.9 Å². The summed E-state index contributed by atoms with van der Waals surface area (Å²) in [5, 5.41) is 10.9. The third-order valence-corrected chi connectivity index (χ3v) is 2.37. The van der Waals surface area contributed by atoms with Gasteiger partial charge in [0.1, 0.15) is 0 Å². The van der Waals surface area contributed by atoms with Gasteiger partial charge in [0.25, 0.3) is 5.82 Å². The third-order valence-electron chi connectivity index (χ3n) is 2.37. The SMILES string of the molecule is CCOC(=O)c1nnnn1Cc1ccccc1N. The molecular formula is C11H13N5O2. The molecule has 0 saturated heterocycles. The lowest BCUT2D eigenvalue weighted by Gasteiger charge is -2.06. The molecule has 18 heavy (non-hydrogen) atoms. The van der Waals surface area contributed by atoms with E-state index < -0.39 is 5.97 Å². The van der Waals surface area contributed by atoms with Gasteiger partial charge in [-0.1, -0.05) is 18.2 Å². The quantitative estimate of drug-likeness (QED) is 0.623. The summed E-state index contributed by atoms with van der Waals surface area (Å²) in [4.78, 5) is 11.6. The lowest BCUT2D eigenvalue weighted by molar-refractivity contribution is 0.0505. The van der Waals surface area contributed by atoms with Gasteiger partial charge in [0.05, 0.1) is 13.2 Å². The Hall–Kier alpha value is -2.44. The average Bonchev–Trinajstić information content (AvgIpc) is 2.81. The van der Waals surface area contributed by atoms with Gasteiger partial charge in [-0.15, -0.1) is 5.10 Å². The van der Waals surface area contributed by atoms with Crippen molar-refractivity contribution in [2.45, 2.75) is 13.5 Å². The van der Waals surface area contributed by atoms with E-state index in [-0.39, 0.29) is 12.4 Å². The van der Waals surface area contributed by atoms with Gasteiger partial charge in [-0.05, 0) is 29.0 Å². The van der Waals surface area contributed by atoms with Crippen LogP contribution < -0.4 is 5.73 Å². The Morgan fingerprint density at radius 2 is 2.22 bits per heavy atom. The lowest BCUT2D eigenvalue weighted by atomic mass is 10.2. The first-order valence-corrected chi connectivity index (χ1v) is 5.49. The molecule has 0 spiro atoms. The highest BCUT2D eigenvalue weighted by Gasteiger charge is 2.17. The van der Waals surface area contributed by atoms with Gasteiger partial charge in [0, 0.05) is 5.69 Å². The average molecular weight is 247 g/mol. The first-order chi connectivity index (χ1) is 8.72. The Kier molecular flexibility index (Phi) is 3.52. The maximum absolute atomic E-state index is 11.6. The molecule has 0 amide bonds. The number of nitrogen functional groups attached to an aromatic ring is 1. The van der Waals surface area contributed by atoms with Crippen LogP contribution in [-0.2, 0) is 11.3 Å². The summed E-state index contributed by atoms with van der Waals surface area (Å²) in [5.41, 5.74) is 7.29. The minimum absolute atomic E-state index is 0.0695. The van der Waals surface area contributed by atoms with Crippen molar-refractivity contribution in [3.8, 4) is 0 Å². The number of benzene rings is 1. The molecule has 0 bridgehead atoms. The zero-order valence-electron chi connectivity index (χ0n) is 9.91. The summed E-state index contributed by atoms with van der Waals surface area (Å²) in [6.45, 7) is 2.33. The van der Waals surface area contributed by atoms with Crippen molar-refractivity contribution in [2.75, 3.05) is 12.3 Å². The number of tetrazole rings is 1. The minimum Gasteiger partial charge on any atom is -0.460 e. The van der Waals surface area contributed by atoms with Gasteiger partial charge in [-0.2, -0.15) is 0 Å². The maximum Gasteiger partial charge on any atom is 0.378 e. The summed E-state index contributed by atoms with van der Waals surface area (Å²) in [5.74, 6) is -0.475. The minimum atomic E-state index is -0.544. The third kappa shape index (κ3) is 2.45. The van der Waals surface area contributed by atoms with Gasteiger partial charge < -0.3 is 10.5 Å². The Bertz CT molecular complexity index is 552. The number of esters is 1. The predicted octanol–water partition coefficient (Wildman–Crippen LogP) is 0.480. The van der Waals surface area contributed by atoms with Crippen molar-refractivity contribution >= 4 is 11.7 Å². The number of aromatic nitrogens is 4. The van der Waals surface area contributed by atoms with Crippen LogP contribution in [0.15, 0.2) is 24.3 Å². The molecule has 0 aliphatic carbocycles. The largest absolute Gasteiger partial charge is 0.460 e. The normalized spacial score (nSPS) is 10.3. The number of nitrogens with two attached hydrogens (primary N) is 1. The molecule has 0 radical (unpaired) electrons. The molecular weight excluding hydrogens is 234 g/mol. The summed E-state index contributed by atoms with van der Waals surface area (Å²) in [6.07, 6.45) is 0. The zero-order chi connectivity index (χ0) is 13.0. The van der Waals surface area contributed by atoms with E-state index in [0.29, 0.717) is 12.2 Å². The standard InChI is InChI=1S/C11H13N5O2/c1-2-18-11(17)10-13-14-15-16(10)7-8-5-3-4-6-9(8)12/h3-6H,2,7,12H2,1H3. The van der Waals surface area contributed by atoms with Crippen molar-refractivity contribution in [1.29, 1.82) is 0 Å². The summed E-state index contributed by atoms with van der Waals surface area (Å²) in [7, 11) is 0. The van der Waals surface area contributed by atoms with E-state index in [1.54, 1.807) is 13.0 Å². The zero-order valence-corrected chi connectivity index (χ0v) is 9.91. The second kappa shape index (κ2) is 5.26. The second-order valence-corrected chi connectivity index (χ2v) is 3.58. The van der Waals surface area contributed by atoms with Gasteiger partial charge in [0.2, 0.25) is 0 Å². The van der Waals surface area contributed by atoms with Crippen LogP contribution in [0.4, 0.5) is 5.69 Å². The Labute approximate surface area is 104 Å². The summed E-state index contributed by atoms with van der Waals surface area (Å²) >= 11 is 0. The molecule has 7 nitrogen and oxygen atoms in total. The first-order valence-electron chi connectivity index (χ1n) is 5.49. The fourth-order valence-electron chi connectivity index (χ4n) is 1.49. The van der Waals surface area contributed by atoms with Crippen LogP contribution in [0.5, 0.6) is 0 Å². The monoisotopic (exact) mass is 247 g/mol. The number of rotatable bonds is 4. The van der Waals surface area contributed by atoms with Crippen LogP contribution in [0.1, 0.15) is 23.1 Å². The summed E-state index contributed by atoms with van der Waals surface area (Å²) in [6, 6.07) is 7.33. The number of nitrogens with zero attached hydrogens (tertiary/aromatic N) is 4. The number of hydrogen-bond donors (Lipinski definition) is 1. The van der Waals surface area contributed by atoms with E-state index in [0.717, 1.165) is 5.56 Å². The molecule has 2 N–H and O–H groups in total. The van der Waals surface area contributed by atoms with Gasteiger partial charge in [0.15, 0.2) is 0 Å². The lowest BCUT2D eigenvalue weighted by Crippen LogP contribution is -2.15. The van der Waals surface area contributed by atoms with Crippen LogP contribution in [0.2, 0.25) is 0 Å². The highest BCUT2D eigenvalue weighted by atomic mass is 16.5. The Morgan fingerprint density at radius 3 is 2.94 bits per heavy atom. The highest BCUT2D eigenvalue weighted by Crippen LogP contribution is 2.12. The molecule has 1 heterocycles. The van der Waals surface area contributed by atoms with E-state index >= 15 is 0 Å². The summed E-state index contributed by atoms with van der Waals surface area (Å²) < 4.78 is 6.23. The Balaban J connectivity index is 2.23. The smallest absolute Gasteiger partial charge is 0.378 e. The van der Waals surface area contributed by atoms with E-state index in [1.165, 1.54) is 4.68 Å². The Morgan fingerprint density at radius 1 is 1.44 bits per heavy atom. The van der Waals surface area contributed by atoms with Gasteiger partial charge in [-0.3, -0.25) is 0 Å². The number of carbonyl (C=O) groups is 1. The maximum atomic E-state index is 11.6. The van der Waals surface area contributed by atoms with Crippen molar-refractivity contribution in [1.82, 2.24) is 20.2 Å². The molecule has 0 aliphatic heterocycles. The highest BCUT2D eigenvalue weighted by molar-refractivity contribution is 5.85. The second-order valence-electron chi connectivity index (χ2n) is 3.58. The molecule has 7 heteroatoms. The van der Waals surface area contributed by atoms with E-state index in [1.807, 2.05) is 18.2 Å². The molecule has 0 unspecified atom stereocenters. The van der Waals surface area contributed by atoms with E-state index in [9.17, 15) is 4.79 Å². The molecule has 1 aromatic carbocycles. The van der Waals surface area contributed by atoms with Crippen LogP contribution in [0, 0.1) is 0 Å². The van der Waals surface area contributed by atoms with Crippen molar-refractivity contribution in [3.63, 3.8) is 0 Å². The first kappa shape index (κ1) is 12.0. The molecule has 0 aliphatic rings. The van der Waals surface area contributed by atoms with Crippen LogP contribution >= 0.6 is 0 Å². The molecule has 2 rings (SSSR count). The van der Waals surface area contributed by atoms with Crippen molar-refractivity contribution in [3.05, 3.63) is 35.7 Å². The van der Waals surface area contributed by atoms with E-state index in [2.05, 4.69) is 15.5 Å². The molecule has 0 atom stereocenters. The number of para-hydroxylation sites is 1. The molecule has 1 aromatic heterocycles. The number of ether oxygens (including phenoxy) is 1. The molecule has 2 aromatic rings. The fraction of sp³-hybridized carbons (Fsp3) is 0.273. The fourth-order valence-corrected chi connectivity index (χ4v) is 1.49. The van der Waals surface area contributed by atoms with Gasteiger partial charge >= 0.3 is 5.97 Å². The molecule has 0 saturated carbocycles. The van der Waals surface area contributed by atoms with Gasteiger partial charge in [-0.25, -0.2) is 9.48 Å². The van der Waals surface area contributed by atoms with Crippen LogP contribution in [-0.4, -0.2) is 32.8 Å². The van der Waals surface area contributed by atoms with Crippen molar-refractivity contribution in [2.24, 2.45) is 0 Å². The number of carbonyl (C=O) groups excluding carboxylic acids is 1. The predicted molar refractivity (Wildman–Crippen MR) is 63.7 cm³/mol.